The van der Waals surface area contributed by atoms with Gasteiger partial charge in [0.25, 0.3) is 5.91 Å². The quantitative estimate of drug-likeness (QED) is 0.346. The van der Waals surface area contributed by atoms with Crippen LogP contribution in [0, 0.1) is 0 Å². The molecule has 0 spiro atoms. The third-order valence-corrected chi connectivity index (χ3v) is 6.33. The predicted molar refractivity (Wildman–Crippen MR) is 141 cm³/mol. The van der Waals surface area contributed by atoms with E-state index >= 15 is 0 Å². The molecule has 0 saturated heterocycles. The minimum atomic E-state index is -0.752. The van der Waals surface area contributed by atoms with Gasteiger partial charge in [-0.1, -0.05) is 84.7 Å². The van der Waals surface area contributed by atoms with Crippen LogP contribution in [0.2, 0.25) is 10.0 Å². The van der Waals surface area contributed by atoms with Gasteiger partial charge in [0, 0.05) is 29.1 Å². The molecule has 0 aliphatic rings. The molecule has 184 valence electrons. The topological polar surface area (TPSA) is 58.6 Å². The van der Waals surface area contributed by atoms with E-state index in [0.717, 1.165) is 17.5 Å². The van der Waals surface area contributed by atoms with E-state index in [1.807, 2.05) is 62.4 Å². The molecule has 0 aromatic heterocycles. The van der Waals surface area contributed by atoms with E-state index in [-0.39, 0.29) is 31.0 Å². The molecule has 0 aliphatic carbocycles. The van der Waals surface area contributed by atoms with Crippen molar-refractivity contribution in [2.24, 2.45) is 0 Å². The van der Waals surface area contributed by atoms with Crippen LogP contribution in [0.3, 0.4) is 0 Å². The lowest BCUT2D eigenvalue weighted by Crippen LogP contribution is -2.53. The molecule has 0 saturated carbocycles. The molecule has 0 aliphatic heterocycles. The molecule has 5 nitrogen and oxygen atoms in total. The third kappa shape index (κ3) is 8.01. The van der Waals surface area contributed by atoms with Gasteiger partial charge in [-0.3, -0.25) is 9.59 Å². The number of rotatable bonds is 11. The molecule has 0 bridgehead atoms. The summed E-state index contributed by atoms with van der Waals surface area (Å²) in [4.78, 5) is 28.6. The fraction of sp³-hybridized carbons (Fsp3) is 0.286. The maximum atomic E-state index is 13.6. The zero-order valence-electron chi connectivity index (χ0n) is 19.9. The van der Waals surface area contributed by atoms with Gasteiger partial charge in [0.2, 0.25) is 5.91 Å². The highest BCUT2D eigenvalue weighted by atomic mass is 35.5. The summed E-state index contributed by atoms with van der Waals surface area (Å²) in [5, 5.41) is 4.08. The lowest BCUT2D eigenvalue weighted by Gasteiger charge is -2.32. The summed E-state index contributed by atoms with van der Waals surface area (Å²) in [6.45, 7) is 3.87. The molecular weight excluding hydrogens is 483 g/mol. The lowest BCUT2D eigenvalue weighted by molar-refractivity contribution is -0.143. The molecule has 0 heterocycles. The fourth-order valence-electron chi connectivity index (χ4n) is 3.59. The molecule has 3 aromatic carbocycles. The van der Waals surface area contributed by atoms with Crippen LogP contribution in [0.4, 0.5) is 0 Å². The van der Waals surface area contributed by atoms with E-state index in [0.29, 0.717) is 22.2 Å². The second-order valence-corrected chi connectivity index (χ2v) is 9.23. The first kappa shape index (κ1) is 26.6. The second-order valence-electron chi connectivity index (χ2n) is 8.38. The van der Waals surface area contributed by atoms with Crippen LogP contribution in [-0.4, -0.2) is 35.4 Å². The van der Waals surface area contributed by atoms with Crippen LogP contribution in [0.25, 0.3) is 0 Å². The Bertz CT molecular complexity index is 1120. The predicted octanol–water partition coefficient (Wildman–Crippen LogP) is 5.93. The second kappa shape index (κ2) is 13.2. The Morgan fingerprint density at radius 1 is 0.971 bits per heavy atom. The summed E-state index contributed by atoms with van der Waals surface area (Å²) < 4.78 is 5.74. The van der Waals surface area contributed by atoms with Gasteiger partial charge in [-0.15, -0.1) is 0 Å². The van der Waals surface area contributed by atoms with Crippen molar-refractivity contribution < 1.29 is 14.3 Å². The molecule has 7 heteroatoms. The summed E-state index contributed by atoms with van der Waals surface area (Å²) in [5.74, 6) is -0.0660. The van der Waals surface area contributed by atoms with Gasteiger partial charge in [-0.2, -0.15) is 0 Å². The van der Waals surface area contributed by atoms with Gasteiger partial charge < -0.3 is 15.0 Å². The molecule has 2 unspecified atom stereocenters. The number of nitrogens with one attached hydrogen (secondary N) is 1. The molecule has 3 aromatic rings. The van der Waals surface area contributed by atoms with Crippen molar-refractivity contribution >= 4 is 35.0 Å². The van der Waals surface area contributed by atoms with Crippen molar-refractivity contribution in [2.45, 2.75) is 45.3 Å². The number of hydrogen-bond donors (Lipinski definition) is 1. The number of ether oxygens (including phenoxy) is 1. The number of amides is 2. The van der Waals surface area contributed by atoms with Crippen LogP contribution >= 0.6 is 23.2 Å². The number of benzene rings is 3. The summed E-state index contributed by atoms with van der Waals surface area (Å²) >= 11 is 12.5. The Kier molecular flexibility index (Phi) is 10.0. The average molecular weight is 513 g/mol. The Balaban J connectivity index is 1.92. The Hall–Kier alpha value is -3.02. The average Bonchev–Trinajstić information content (AvgIpc) is 2.86. The normalized spacial score (nSPS) is 12.5. The van der Waals surface area contributed by atoms with Crippen LogP contribution < -0.4 is 10.1 Å². The van der Waals surface area contributed by atoms with Crippen LogP contribution in [0.5, 0.6) is 5.75 Å². The summed E-state index contributed by atoms with van der Waals surface area (Å²) in [7, 11) is 0. The van der Waals surface area contributed by atoms with Gasteiger partial charge in [0.1, 0.15) is 11.8 Å². The van der Waals surface area contributed by atoms with Crippen LogP contribution in [0.15, 0.2) is 78.9 Å². The monoisotopic (exact) mass is 512 g/mol. The standard InChI is InChI=1S/C28H30Cl2N2O3/c1-3-20(2)31-28(34)26(16-21-10-5-4-6-11-21)32(18-22-12-7-8-15-25(22)30)27(33)19-35-24-14-9-13-23(29)17-24/h4-15,17,20,26H,3,16,18-19H2,1-2H3,(H,31,34). The van der Waals surface area contributed by atoms with Gasteiger partial charge >= 0.3 is 0 Å². The van der Waals surface area contributed by atoms with E-state index in [9.17, 15) is 9.59 Å². The highest BCUT2D eigenvalue weighted by Crippen LogP contribution is 2.22. The molecular formula is C28H30Cl2N2O3. The molecule has 0 fully saturated rings. The minimum Gasteiger partial charge on any atom is -0.484 e. The molecule has 1 N–H and O–H groups in total. The van der Waals surface area contributed by atoms with E-state index in [1.54, 1.807) is 35.2 Å². The number of halogens is 2. The van der Waals surface area contributed by atoms with Crippen molar-refractivity contribution in [1.29, 1.82) is 0 Å². The van der Waals surface area contributed by atoms with Crippen molar-refractivity contribution in [2.75, 3.05) is 6.61 Å². The molecule has 2 amide bonds. The summed E-state index contributed by atoms with van der Waals surface area (Å²) in [5.41, 5.74) is 1.70. The van der Waals surface area contributed by atoms with Crippen molar-refractivity contribution in [1.82, 2.24) is 10.2 Å². The van der Waals surface area contributed by atoms with E-state index in [1.165, 1.54) is 0 Å². The van der Waals surface area contributed by atoms with E-state index < -0.39 is 6.04 Å². The first-order chi connectivity index (χ1) is 16.9. The molecule has 0 radical (unpaired) electrons. The van der Waals surface area contributed by atoms with Crippen molar-refractivity contribution in [3.8, 4) is 5.75 Å². The SMILES string of the molecule is CCC(C)NC(=O)C(Cc1ccccc1)N(Cc1ccccc1Cl)C(=O)COc1cccc(Cl)c1. The van der Waals surface area contributed by atoms with Crippen LogP contribution in [0.1, 0.15) is 31.4 Å². The number of nitrogens with zero attached hydrogens (tertiary/aromatic N) is 1. The highest BCUT2D eigenvalue weighted by molar-refractivity contribution is 6.31. The largest absolute Gasteiger partial charge is 0.484 e. The molecule has 2 atom stereocenters. The Morgan fingerprint density at radius 2 is 1.69 bits per heavy atom. The first-order valence-electron chi connectivity index (χ1n) is 11.6. The fourth-order valence-corrected chi connectivity index (χ4v) is 3.97. The van der Waals surface area contributed by atoms with Gasteiger partial charge in [-0.05, 0) is 48.7 Å². The number of carbonyl (C=O) groups is 2. The maximum absolute atomic E-state index is 13.6. The Morgan fingerprint density at radius 3 is 2.37 bits per heavy atom. The maximum Gasteiger partial charge on any atom is 0.261 e. The first-order valence-corrected chi connectivity index (χ1v) is 12.4. The lowest BCUT2D eigenvalue weighted by atomic mass is 10.0. The van der Waals surface area contributed by atoms with Gasteiger partial charge in [0.05, 0.1) is 0 Å². The summed E-state index contributed by atoms with van der Waals surface area (Å²) in [6.07, 6.45) is 1.14. The summed E-state index contributed by atoms with van der Waals surface area (Å²) in [6, 6.07) is 23.0. The Labute approximate surface area is 217 Å². The van der Waals surface area contributed by atoms with Crippen LogP contribution in [-0.2, 0) is 22.6 Å². The minimum absolute atomic E-state index is 0.0271. The zero-order chi connectivity index (χ0) is 25.2. The van der Waals surface area contributed by atoms with E-state index in [2.05, 4.69) is 5.32 Å². The van der Waals surface area contributed by atoms with Gasteiger partial charge in [0.15, 0.2) is 6.61 Å². The van der Waals surface area contributed by atoms with Crippen molar-refractivity contribution in [3.63, 3.8) is 0 Å². The molecule has 35 heavy (non-hydrogen) atoms. The van der Waals surface area contributed by atoms with E-state index in [4.69, 9.17) is 27.9 Å². The molecule has 3 rings (SSSR count). The number of carbonyl (C=O) groups excluding carboxylic acids is 2. The van der Waals surface area contributed by atoms with Gasteiger partial charge in [-0.25, -0.2) is 0 Å². The highest BCUT2D eigenvalue weighted by Gasteiger charge is 2.31. The number of hydrogen-bond acceptors (Lipinski definition) is 3. The van der Waals surface area contributed by atoms with Crippen molar-refractivity contribution in [3.05, 3.63) is 100 Å². The zero-order valence-corrected chi connectivity index (χ0v) is 21.4. The third-order valence-electron chi connectivity index (χ3n) is 5.73. The smallest absolute Gasteiger partial charge is 0.261 e.